The van der Waals surface area contributed by atoms with Crippen molar-refractivity contribution >= 4 is 33.5 Å². The van der Waals surface area contributed by atoms with E-state index < -0.39 is 12.1 Å². The molecular formula is C22H17F3N2O2. The van der Waals surface area contributed by atoms with E-state index in [1.807, 2.05) is 42.5 Å². The Bertz CT molecular complexity index is 1220. The summed E-state index contributed by atoms with van der Waals surface area (Å²) in [6.07, 6.45) is -4.95. The molecule has 0 N–H and O–H groups in total. The Kier molecular flexibility index (Phi) is 4.53. The lowest BCUT2D eigenvalue weighted by molar-refractivity contribution is -0.170. The van der Waals surface area contributed by atoms with Gasteiger partial charge in [-0.1, -0.05) is 36.4 Å². The van der Waals surface area contributed by atoms with E-state index >= 15 is 0 Å². The van der Waals surface area contributed by atoms with Crippen LogP contribution in [-0.2, 0) is 4.79 Å². The van der Waals surface area contributed by atoms with E-state index in [0.29, 0.717) is 27.5 Å². The van der Waals surface area contributed by atoms with Gasteiger partial charge in [0.05, 0.1) is 0 Å². The van der Waals surface area contributed by atoms with Gasteiger partial charge in [-0.15, -0.1) is 0 Å². The van der Waals surface area contributed by atoms with Crippen molar-refractivity contribution in [3.8, 4) is 11.5 Å². The minimum atomic E-state index is -4.95. The van der Waals surface area contributed by atoms with Crippen LogP contribution in [0.5, 0.6) is 0 Å². The molecule has 1 aromatic heterocycles. The van der Waals surface area contributed by atoms with Gasteiger partial charge in [-0.05, 0) is 48.4 Å². The number of carbonyl (C=O) groups is 1. The van der Waals surface area contributed by atoms with Gasteiger partial charge in [-0.2, -0.15) is 13.2 Å². The zero-order valence-electron chi connectivity index (χ0n) is 15.7. The molecule has 7 heteroatoms. The van der Waals surface area contributed by atoms with Crippen LogP contribution in [0.25, 0.3) is 33.3 Å². The summed E-state index contributed by atoms with van der Waals surface area (Å²) in [5.41, 5.74) is 2.41. The first kappa shape index (κ1) is 19.0. The highest BCUT2D eigenvalue weighted by atomic mass is 19.4. The van der Waals surface area contributed by atoms with Crippen molar-refractivity contribution in [2.45, 2.75) is 20.0 Å². The number of alkyl halides is 3. The molecular weight excluding hydrogens is 381 g/mol. The first-order chi connectivity index (χ1) is 13.8. The van der Waals surface area contributed by atoms with Gasteiger partial charge in [0, 0.05) is 17.8 Å². The van der Waals surface area contributed by atoms with Gasteiger partial charge in [0.1, 0.15) is 5.52 Å². The second kappa shape index (κ2) is 6.92. The summed E-state index contributed by atoms with van der Waals surface area (Å²) < 4.78 is 44.8. The van der Waals surface area contributed by atoms with Crippen molar-refractivity contribution < 1.29 is 22.4 Å². The topological polar surface area (TPSA) is 46.3 Å². The third-order valence-electron chi connectivity index (χ3n) is 4.80. The van der Waals surface area contributed by atoms with Gasteiger partial charge in [-0.3, -0.25) is 4.79 Å². The van der Waals surface area contributed by atoms with Crippen molar-refractivity contribution in [2.75, 3.05) is 11.4 Å². The molecule has 4 nitrogen and oxygen atoms in total. The summed E-state index contributed by atoms with van der Waals surface area (Å²) in [6, 6.07) is 16.5. The van der Waals surface area contributed by atoms with Crippen LogP contribution in [0.1, 0.15) is 12.5 Å². The lowest BCUT2D eigenvalue weighted by Gasteiger charge is -2.22. The molecule has 29 heavy (non-hydrogen) atoms. The molecule has 3 aromatic carbocycles. The summed E-state index contributed by atoms with van der Waals surface area (Å²) in [4.78, 5) is 17.0. The largest absolute Gasteiger partial charge is 0.471 e. The van der Waals surface area contributed by atoms with Crippen LogP contribution in [0, 0.1) is 6.92 Å². The fourth-order valence-corrected chi connectivity index (χ4v) is 3.46. The summed E-state index contributed by atoms with van der Waals surface area (Å²) >= 11 is 0. The molecule has 0 fully saturated rings. The number of anilines is 1. The number of carbonyl (C=O) groups excluding carboxylic acids is 1. The molecule has 0 saturated heterocycles. The van der Waals surface area contributed by atoms with E-state index in [2.05, 4.69) is 4.98 Å². The number of hydrogen-bond acceptors (Lipinski definition) is 3. The number of benzene rings is 3. The van der Waals surface area contributed by atoms with E-state index in [1.165, 1.54) is 19.1 Å². The quantitative estimate of drug-likeness (QED) is 0.433. The number of hydrogen-bond donors (Lipinski definition) is 0. The summed E-state index contributed by atoms with van der Waals surface area (Å²) in [6.45, 7) is 3.10. The number of nitrogens with zero attached hydrogens (tertiary/aromatic N) is 2. The monoisotopic (exact) mass is 398 g/mol. The first-order valence-corrected chi connectivity index (χ1v) is 9.07. The van der Waals surface area contributed by atoms with Crippen molar-refractivity contribution in [1.82, 2.24) is 4.98 Å². The minimum absolute atomic E-state index is 0.114. The van der Waals surface area contributed by atoms with E-state index in [0.717, 1.165) is 16.3 Å². The normalized spacial score (nSPS) is 11.9. The Labute approximate surface area is 164 Å². The molecule has 148 valence electrons. The number of oxazole rings is 1. The van der Waals surface area contributed by atoms with Crippen LogP contribution in [0.2, 0.25) is 0 Å². The smallest absolute Gasteiger partial charge is 0.436 e. The molecule has 0 aliphatic carbocycles. The molecule has 0 atom stereocenters. The third kappa shape index (κ3) is 3.33. The Morgan fingerprint density at radius 2 is 1.83 bits per heavy atom. The maximum atomic E-state index is 12.9. The highest BCUT2D eigenvalue weighted by Crippen LogP contribution is 2.34. The van der Waals surface area contributed by atoms with Gasteiger partial charge in [0.25, 0.3) is 0 Å². The molecule has 0 unspecified atom stereocenters. The Hall–Kier alpha value is -3.35. The Morgan fingerprint density at radius 1 is 1.10 bits per heavy atom. The fraction of sp³-hybridized carbons (Fsp3) is 0.182. The molecule has 4 aromatic rings. The number of rotatable bonds is 3. The number of fused-ring (bicyclic) bond motifs is 2. The number of halogens is 3. The van der Waals surface area contributed by atoms with Gasteiger partial charge in [-0.25, -0.2) is 4.98 Å². The van der Waals surface area contributed by atoms with E-state index in [-0.39, 0.29) is 12.2 Å². The maximum absolute atomic E-state index is 12.9. The molecule has 0 aliphatic heterocycles. The molecule has 1 heterocycles. The van der Waals surface area contributed by atoms with Crippen LogP contribution in [0.4, 0.5) is 18.9 Å². The van der Waals surface area contributed by atoms with Crippen LogP contribution >= 0.6 is 0 Å². The van der Waals surface area contributed by atoms with Crippen LogP contribution in [0.15, 0.2) is 59.0 Å². The number of aromatic nitrogens is 1. The summed E-state index contributed by atoms with van der Waals surface area (Å²) in [5.74, 6) is -1.53. The second-order valence-corrected chi connectivity index (χ2v) is 6.70. The van der Waals surface area contributed by atoms with E-state index in [9.17, 15) is 18.0 Å². The van der Waals surface area contributed by atoms with Crippen LogP contribution in [0.3, 0.4) is 0 Å². The predicted octanol–water partition coefficient (Wildman–Crippen LogP) is 5.87. The Balaban J connectivity index is 1.85. The molecule has 0 aliphatic rings. The molecule has 1 amide bonds. The van der Waals surface area contributed by atoms with Gasteiger partial charge in [0.2, 0.25) is 5.89 Å². The van der Waals surface area contributed by atoms with Crippen LogP contribution in [-0.4, -0.2) is 23.6 Å². The van der Waals surface area contributed by atoms with Crippen molar-refractivity contribution in [3.63, 3.8) is 0 Å². The fourth-order valence-electron chi connectivity index (χ4n) is 3.46. The maximum Gasteiger partial charge on any atom is 0.471 e. The lowest BCUT2D eigenvalue weighted by atomic mass is 10.0. The highest BCUT2D eigenvalue weighted by molar-refractivity contribution is 6.00. The van der Waals surface area contributed by atoms with Gasteiger partial charge < -0.3 is 9.32 Å². The molecule has 4 rings (SSSR count). The van der Waals surface area contributed by atoms with Gasteiger partial charge >= 0.3 is 12.1 Å². The zero-order chi connectivity index (χ0) is 20.8. The molecule has 0 spiro atoms. The number of amides is 1. The van der Waals surface area contributed by atoms with Crippen LogP contribution < -0.4 is 4.90 Å². The standard InChI is InChI=1S/C22H17F3N2O2/c1-3-27(21(28)22(23,24)25)15-11-13(2)19-18(12-15)26-20(29-19)17-10-6-8-14-7-4-5-9-16(14)17/h4-12H,3H2,1-2H3. The average Bonchev–Trinajstić information content (AvgIpc) is 3.12. The average molecular weight is 398 g/mol. The zero-order valence-corrected chi connectivity index (χ0v) is 15.7. The van der Waals surface area contributed by atoms with E-state index in [1.54, 1.807) is 6.92 Å². The molecule has 0 bridgehead atoms. The van der Waals surface area contributed by atoms with Crippen molar-refractivity contribution in [3.05, 3.63) is 60.2 Å². The molecule has 0 saturated carbocycles. The summed E-state index contributed by atoms with van der Waals surface area (Å²) in [7, 11) is 0. The summed E-state index contributed by atoms with van der Waals surface area (Å²) in [5, 5.41) is 1.99. The van der Waals surface area contributed by atoms with Crippen molar-refractivity contribution in [2.24, 2.45) is 0 Å². The lowest BCUT2D eigenvalue weighted by Crippen LogP contribution is -2.41. The predicted molar refractivity (Wildman–Crippen MR) is 106 cm³/mol. The second-order valence-electron chi connectivity index (χ2n) is 6.70. The first-order valence-electron chi connectivity index (χ1n) is 9.07. The Morgan fingerprint density at radius 3 is 2.55 bits per heavy atom. The SMILES string of the molecule is CCN(C(=O)C(F)(F)F)c1cc(C)c2oc(-c3cccc4ccccc34)nc2c1. The number of aryl methyl sites for hydroxylation is 1. The van der Waals surface area contributed by atoms with E-state index in [4.69, 9.17) is 4.42 Å². The third-order valence-corrected chi connectivity index (χ3v) is 4.80. The van der Waals surface area contributed by atoms with Crippen molar-refractivity contribution in [1.29, 1.82) is 0 Å². The molecule has 0 radical (unpaired) electrons. The minimum Gasteiger partial charge on any atom is -0.436 e. The highest BCUT2D eigenvalue weighted by Gasteiger charge is 2.42. The van der Waals surface area contributed by atoms with Gasteiger partial charge in [0.15, 0.2) is 5.58 Å².